The van der Waals surface area contributed by atoms with E-state index in [4.69, 9.17) is 14.7 Å². The molecule has 6 heteroatoms. The number of likely N-dealkylation sites (tertiary alicyclic amines) is 1. The summed E-state index contributed by atoms with van der Waals surface area (Å²) in [5.41, 5.74) is 5.60. The van der Waals surface area contributed by atoms with Gasteiger partial charge in [-0.25, -0.2) is 9.97 Å². The van der Waals surface area contributed by atoms with Crippen LogP contribution in [0.2, 0.25) is 0 Å². The van der Waals surface area contributed by atoms with Crippen molar-refractivity contribution in [1.29, 1.82) is 0 Å². The van der Waals surface area contributed by atoms with Crippen LogP contribution >= 0.6 is 0 Å². The zero-order valence-electron chi connectivity index (χ0n) is 18.4. The molecule has 1 aromatic heterocycles. The standard InChI is InChI=1S/C24H32N4O2/c1-17-6-4-5-7-20(17)15-27-9-8-21(16-27)24-25-18(2)22(19(3)26-24)14-23(29)28-10-12-30-13-11-28/h4-7,21H,8-16H2,1-3H3/t21-/m1/s1. The van der Waals surface area contributed by atoms with Crippen molar-refractivity contribution < 1.29 is 9.53 Å². The van der Waals surface area contributed by atoms with Crippen LogP contribution < -0.4 is 0 Å². The molecule has 0 N–H and O–H groups in total. The molecule has 0 spiro atoms. The van der Waals surface area contributed by atoms with Crippen LogP contribution in [0.5, 0.6) is 0 Å². The van der Waals surface area contributed by atoms with E-state index in [9.17, 15) is 4.79 Å². The minimum atomic E-state index is 0.145. The molecule has 2 aliphatic heterocycles. The number of rotatable bonds is 5. The fraction of sp³-hybridized carbons (Fsp3) is 0.542. The lowest BCUT2D eigenvalue weighted by Gasteiger charge is -2.27. The number of carbonyl (C=O) groups is 1. The first-order valence-corrected chi connectivity index (χ1v) is 11.0. The number of carbonyl (C=O) groups excluding carboxylic acids is 1. The minimum absolute atomic E-state index is 0.145. The van der Waals surface area contributed by atoms with Gasteiger partial charge < -0.3 is 9.64 Å². The molecular weight excluding hydrogens is 376 g/mol. The third kappa shape index (κ3) is 4.71. The van der Waals surface area contributed by atoms with E-state index in [-0.39, 0.29) is 5.91 Å². The molecule has 2 aromatic rings. The molecule has 1 atom stereocenters. The summed E-state index contributed by atoms with van der Waals surface area (Å²) in [7, 11) is 0. The van der Waals surface area contributed by atoms with Crippen LogP contribution in [0.25, 0.3) is 0 Å². The van der Waals surface area contributed by atoms with Crippen LogP contribution in [-0.2, 0) is 22.5 Å². The van der Waals surface area contributed by atoms with Crippen molar-refractivity contribution in [3.05, 3.63) is 58.2 Å². The third-order valence-electron chi connectivity index (χ3n) is 6.42. The molecule has 0 saturated carbocycles. The summed E-state index contributed by atoms with van der Waals surface area (Å²) >= 11 is 0. The van der Waals surface area contributed by atoms with Gasteiger partial charge in [0, 0.05) is 49.0 Å². The third-order valence-corrected chi connectivity index (χ3v) is 6.42. The van der Waals surface area contributed by atoms with E-state index in [2.05, 4.69) is 36.1 Å². The van der Waals surface area contributed by atoms with Gasteiger partial charge in [0.05, 0.1) is 19.6 Å². The molecule has 1 amide bonds. The lowest BCUT2D eigenvalue weighted by Crippen LogP contribution is -2.41. The molecule has 1 aromatic carbocycles. The van der Waals surface area contributed by atoms with Crippen LogP contribution in [0.3, 0.4) is 0 Å². The van der Waals surface area contributed by atoms with Crippen LogP contribution in [0.15, 0.2) is 24.3 Å². The average molecular weight is 409 g/mol. The van der Waals surface area contributed by atoms with Gasteiger partial charge in [-0.3, -0.25) is 9.69 Å². The molecule has 3 heterocycles. The predicted octanol–water partition coefficient (Wildman–Crippen LogP) is 2.79. The molecule has 0 aliphatic carbocycles. The fourth-order valence-electron chi connectivity index (χ4n) is 4.50. The lowest BCUT2D eigenvalue weighted by molar-refractivity contribution is -0.134. The number of aryl methyl sites for hydroxylation is 3. The summed E-state index contributed by atoms with van der Waals surface area (Å²) < 4.78 is 5.35. The monoisotopic (exact) mass is 408 g/mol. The predicted molar refractivity (Wildman–Crippen MR) is 116 cm³/mol. The first-order chi connectivity index (χ1) is 14.5. The zero-order valence-corrected chi connectivity index (χ0v) is 18.4. The highest BCUT2D eigenvalue weighted by atomic mass is 16.5. The van der Waals surface area contributed by atoms with Gasteiger partial charge in [0.25, 0.3) is 0 Å². The smallest absolute Gasteiger partial charge is 0.227 e. The number of aromatic nitrogens is 2. The van der Waals surface area contributed by atoms with Crippen LogP contribution in [0, 0.1) is 20.8 Å². The number of ether oxygens (including phenoxy) is 1. The second kappa shape index (κ2) is 9.23. The van der Waals surface area contributed by atoms with Crippen LogP contribution in [-0.4, -0.2) is 65.1 Å². The summed E-state index contributed by atoms with van der Waals surface area (Å²) in [6.45, 7) is 11.8. The topological polar surface area (TPSA) is 58.6 Å². The van der Waals surface area contributed by atoms with E-state index < -0.39 is 0 Å². The fourth-order valence-corrected chi connectivity index (χ4v) is 4.50. The second-order valence-electron chi connectivity index (χ2n) is 8.55. The SMILES string of the molecule is Cc1ccccc1CN1CC[C@@H](c2nc(C)c(CC(=O)N3CCOCC3)c(C)n2)C1. The highest BCUT2D eigenvalue weighted by Gasteiger charge is 2.28. The van der Waals surface area contributed by atoms with E-state index >= 15 is 0 Å². The van der Waals surface area contributed by atoms with Crippen molar-refractivity contribution in [2.75, 3.05) is 39.4 Å². The number of hydrogen-bond acceptors (Lipinski definition) is 5. The molecule has 6 nitrogen and oxygen atoms in total. The largest absolute Gasteiger partial charge is 0.378 e. The second-order valence-corrected chi connectivity index (χ2v) is 8.55. The van der Waals surface area contributed by atoms with Crippen LogP contribution in [0.1, 0.15) is 46.2 Å². The molecule has 2 aliphatic rings. The Kier molecular flexibility index (Phi) is 6.44. The summed E-state index contributed by atoms with van der Waals surface area (Å²) in [5, 5.41) is 0. The molecular formula is C24H32N4O2. The minimum Gasteiger partial charge on any atom is -0.378 e. The Morgan fingerprint density at radius 1 is 1.07 bits per heavy atom. The van der Waals surface area contributed by atoms with Crippen LogP contribution in [0.4, 0.5) is 0 Å². The first-order valence-electron chi connectivity index (χ1n) is 11.0. The molecule has 160 valence electrons. The first kappa shape index (κ1) is 20.9. The average Bonchev–Trinajstić information content (AvgIpc) is 3.21. The van der Waals surface area contributed by atoms with Gasteiger partial charge in [0.1, 0.15) is 5.82 Å². The molecule has 4 rings (SSSR count). The van der Waals surface area contributed by atoms with Gasteiger partial charge in [0.2, 0.25) is 5.91 Å². The highest BCUT2D eigenvalue weighted by molar-refractivity contribution is 5.79. The Labute approximate surface area is 179 Å². The number of benzene rings is 1. The van der Waals surface area contributed by atoms with Crippen molar-refractivity contribution in [1.82, 2.24) is 19.8 Å². The zero-order chi connectivity index (χ0) is 21.1. The Bertz CT molecular complexity index is 885. The summed E-state index contributed by atoms with van der Waals surface area (Å²) in [6.07, 6.45) is 1.46. The van der Waals surface area contributed by atoms with E-state index in [1.54, 1.807) is 0 Å². The Hall–Kier alpha value is -2.31. The maximum atomic E-state index is 12.7. The highest BCUT2D eigenvalue weighted by Crippen LogP contribution is 2.28. The Balaban J connectivity index is 1.41. The van der Waals surface area contributed by atoms with E-state index in [0.29, 0.717) is 38.6 Å². The van der Waals surface area contributed by atoms with E-state index in [1.165, 1.54) is 11.1 Å². The quantitative estimate of drug-likeness (QED) is 0.761. The van der Waals surface area contributed by atoms with Gasteiger partial charge in [-0.15, -0.1) is 0 Å². The van der Waals surface area contributed by atoms with Crippen molar-refractivity contribution in [2.45, 2.75) is 46.1 Å². The molecule has 0 unspecified atom stereocenters. The van der Waals surface area contributed by atoms with Gasteiger partial charge in [-0.2, -0.15) is 0 Å². The van der Waals surface area contributed by atoms with Gasteiger partial charge >= 0.3 is 0 Å². The van der Waals surface area contributed by atoms with E-state index in [1.807, 2.05) is 18.7 Å². The molecule has 0 radical (unpaired) electrons. The van der Waals surface area contributed by atoms with E-state index in [0.717, 1.165) is 48.8 Å². The summed E-state index contributed by atoms with van der Waals surface area (Å²) in [4.78, 5) is 26.7. The number of morpholine rings is 1. The van der Waals surface area contributed by atoms with Crippen molar-refractivity contribution >= 4 is 5.91 Å². The van der Waals surface area contributed by atoms with Gasteiger partial charge in [0.15, 0.2) is 0 Å². The maximum absolute atomic E-state index is 12.7. The number of hydrogen-bond donors (Lipinski definition) is 0. The molecule has 2 fully saturated rings. The number of nitrogens with zero attached hydrogens (tertiary/aromatic N) is 4. The molecule has 2 saturated heterocycles. The molecule has 30 heavy (non-hydrogen) atoms. The van der Waals surface area contributed by atoms with Crippen molar-refractivity contribution in [3.63, 3.8) is 0 Å². The van der Waals surface area contributed by atoms with Crippen molar-refractivity contribution in [2.24, 2.45) is 0 Å². The molecule has 0 bridgehead atoms. The van der Waals surface area contributed by atoms with Gasteiger partial charge in [-0.05, 0) is 44.9 Å². The van der Waals surface area contributed by atoms with Gasteiger partial charge in [-0.1, -0.05) is 24.3 Å². The Morgan fingerprint density at radius 2 is 1.77 bits per heavy atom. The summed E-state index contributed by atoms with van der Waals surface area (Å²) in [5.74, 6) is 1.43. The lowest BCUT2D eigenvalue weighted by atomic mass is 10.0. The van der Waals surface area contributed by atoms with Crippen molar-refractivity contribution in [3.8, 4) is 0 Å². The number of amides is 1. The maximum Gasteiger partial charge on any atom is 0.227 e. The summed E-state index contributed by atoms with van der Waals surface area (Å²) in [6, 6.07) is 8.60. The normalized spacial score (nSPS) is 20.0. The Morgan fingerprint density at radius 3 is 2.47 bits per heavy atom.